The van der Waals surface area contributed by atoms with Crippen LogP contribution in [0, 0.1) is 11.6 Å². The van der Waals surface area contributed by atoms with Gasteiger partial charge in [-0.15, -0.1) is 0 Å². The normalized spacial score (nSPS) is 11.2. The zero-order valence-corrected chi connectivity index (χ0v) is 10.5. The summed E-state index contributed by atoms with van der Waals surface area (Å²) in [6.45, 7) is 0.840. The molecule has 0 atom stereocenters. The molecule has 0 saturated carbocycles. The smallest absolute Gasteiger partial charge is 0.130 e. The summed E-state index contributed by atoms with van der Waals surface area (Å²) < 4.78 is 27.8. The van der Waals surface area contributed by atoms with Crippen LogP contribution in [0.15, 0.2) is 30.6 Å². The van der Waals surface area contributed by atoms with Gasteiger partial charge in [-0.05, 0) is 13.1 Å². The maximum atomic E-state index is 13.4. The minimum Gasteiger partial charge on any atom is -0.283 e. The van der Waals surface area contributed by atoms with E-state index in [1.54, 1.807) is 10.9 Å². The molecular weight excluding hydrogens is 260 g/mol. The van der Waals surface area contributed by atoms with Crippen molar-refractivity contribution in [3.05, 3.63) is 52.8 Å². The van der Waals surface area contributed by atoms with Crippen LogP contribution >= 0.6 is 11.6 Å². The first-order valence-electron chi connectivity index (χ1n) is 5.35. The highest BCUT2D eigenvalue weighted by Gasteiger charge is 2.07. The van der Waals surface area contributed by atoms with Crippen molar-refractivity contribution >= 4 is 11.6 Å². The third-order valence-corrected chi connectivity index (χ3v) is 2.64. The van der Waals surface area contributed by atoms with Gasteiger partial charge >= 0.3 is 0 Å². The van der Waals surface area contributed by atoms with Gasteiger partial charge in [0.15, 0.2) is 0 Å². The molecule has 0 radical (unpaired) electrons. The predicted molar refractivity (Wildman–Crippen MR) is 65.1 cm³/mol. The second-order valence-corrected chi connectivity index (χ2v) is 4.53. The Hall–Kier alpha value is -1.46. The fraction of sp³-hybridized carbons (Fsp3) is 0.250. The number of benzene rings is 1. The van der Waals surface area contributed by atoms with E-state index in [4.69, 9.17) is 11.6 Å². The van der Waals surface area contributed by atoms with Gasteiger partial charge in [-0.3, -0.25) is 9.58 Å². The Morgan fingerprint density at radius 3 is 2.78 bits per heavy atom. The van der Waals surface area contributed by atoms with Crippen molar-refractivity contribution in [1.82, 2.24) is 14.7 Å². The highest BCUT2D eigenvalue weighted by molar-refractivity contribution is 6.30. The third kappa shape index (κ3) is 3.27. The molecular formula is C12H12ClF2N3. The van der Waals surface area contributed by atoms with Gasteiger partial charge in [-0.25, -0.2) is 8.78 Å². The summed E-state index contributed by atoms with van der Waals surface area (Å²) in [5.74, 6) is -1.11. The van der Waals surface area contributed by atoms with E-state index in [-0.39, 0.29) is 0 Å². The minimum absolute atomic E-state index is 0.365. The Balaban J connectivity index is 2.00. The highest BCUT2D eigenvalue weighted by atomic mass is 35.5. The lowest BCUT2D eigenvalue weighted by Crippen LogP contribution is -2.22. The molecule has 6 heteroatoms. The molecule has 0 saturated heterocycles. The van der Waals surface area contributed by atoms with Crippen LogP contribution in [-0.2, 0) is 13.2 Å². The van der Waals surface area contributed by atoms with E-state index in [2.05, 4.69) is 5.10 Å². The minimum atomic E-state index is -0.572. The summed E-state index contributed by atoms with van der Waals surface area (Å²) in [6.07, 6.45) is 3.22. The zero-order valence-electron chi connectivity index (χ0n) is 9.78. The molecule has 0 fully saturated rings. The van der Waals surface area contributed by atoms with Gasteiger partial charge in [0.05, 0.1) is 17.9 Å². The van der Waals surface area contributed by atoms with Crippen molar-refractivity contribution in [3.63, 3.8) is 0 Å². The molecule has 1 heterocycles. The Labute approximate surface area is 109 Å². The Morgan fingerprint density at radius 1 is 1.39 bits per heavy atom. The lowest BCUT2D eigenvalue weighted by atomic mass is 10.2. The van der Waals surface area contributed by atoms with Crippen LogP contribution in [0.3, 0.4) is 0 Å². The standard InChI is InChI=1S/C12H12ClF2N3/c1-17(8-18-7-10(13)5-16-18)6-9-2-3-11(14)4-12(9)15/h2-5,7H,6,8H2,1H3. The number of halogens is 3. The summed E-state index contributed by atoms with van der Waals surface area (Å²) in [7, 11) is 1.82. The first-order chi connectivity index (χ1) is 8.54. The van der Waals surface area contributed by atoms with Gasteiger partial charge in [-0.2, -0.15) is 5.10 Å². The van der Waals surface area contributed by atoms with Crippen LogP contribution in [-0.4, -0.2) is 21.7 Å². The van der Waals surface area contributed by atoms with E-state index in [1.807, 2.05) is 11.9 Å². The fourth-order valence-electron chi connectivity index (χ4n) is 1.65. The molecule has 0 aliphatic rings. The molecule has 0 amide bonds. The maximum absolute atomic E-state index is 13.4. The van der Waals surface area contributed by atoms with Crippen molar-refractivity contribution in [2.24, 2.45) is 0 Å². The Kier molecular flexibility index (Phi) is 3.93. The predicted octanol–water partition coefficient (Wildman–Crippen LogP) is 2.90. The molecule has 0 N–H and O–H groups in total. The van der Waals surface area contributed by atoms with Gasteiger partial charge in [-0.1, -0.05) is 17.7 Å². The molecule has 0 aliphatic heterocycles. The molecule has 2 rings (SSSR count). The monoisotopic (exact) mass is 271 g/mol. The summed E-state index contributed by atoms with van der Waals surface area (Å²) in [5, 5.41) is 4.58. The van der Waals surface area contributed by atoms with E-state index >= 15 is 0 Å². The van der Waals surface area contributed by atoms with E-state index < -0.39 is 11.6 Å². The lowest BCUT2D eigenvalue weighted by molar-refractivity contribution is 0.243. The second-order valence-electron chi connectivity index (χ2n) is 4.09. The van der Waals surface area contributed by atoms with E-state index in [0.29, 0.717) is 23.8 Å². The highest BCUT2D eigenvalue weighted by Crippen LogP contribution is 2.12. The molecule has 96 valence electrons. The topological polar surface area (TPSA) is 21.1 Å². The third-order valence-electron chi connectivity index (χ3n) is 2.44. The van der Waals surface area contributed by atoms with Gasteiger partial charge < -0.3 is 0 Å². The van der Waals surface area contributed by atoms with Crippen LogP contribution in [0.1, 0.15) is 5.56 Å². The first-order valence-corrected chi connectivity index (χ1v) is 5.73. The molecule has 0 spiro atoms. The number of nitrogens with zero attached hydrogens (tertiary/aromatic N) is 3. The molecule has 1 aromatic heterocycles. The molecule has 2 aromatic rings. The Morgan fingerprint density at radius 2 is 2.17 bits per heavy atom. The fourth-order valence-corrected chi connectivity index (χ4v) is 1.81. The maximum Gasteiger partial charge on any atom is 0.130 e. The molecule has 18 heavy (non-hydrogen) atoms. The average molecular weight is 272 g/mol. The van der Waals surface area contributed by atoms with Crippen LogP contribution in [0.25, 0.3) is 0 Å². The van der Waals surface area contributed by atoms with Crippen molar-refractivity contribution in [1.29, 1.82) is 0 Å². The zero-order chi connectivity index (χ0) is 13.1. The molecule has 0 aliphatic carbocycles. The van der Waals surface area contributed by atoms with E-state index in [9.17, 15) is 8.78 Å². The van der Waals surface area contributed by atoms with Crippen LogP contribution in [0.4, 0.5) is 8.78 Å². The van der Waals surface area contributed by atoms with Crippen LogP contribution in [0.5, 0.6) is 0 Å². The summed E-state index contributed by atoms with van der Waals surface area (Å²) in [5.41, 5.74) is 0.442. The Bertz CT molecular complexity index is 542. The average Bonchev–Trinajstić information content (AvgIpc) is 2.68. The quantitative estimate of drug-likeness (QED) is 0.853. The van der Waals surface area contributed by atoms with E-state index in [1.165, 1.54) is 18.3 Å². The molecule has 1 aromatic carbocycles. The number of rotatable bonds is 4. The van der Waals surface area contributed by atoms with Gasteiger partial charge in [0.1, 0.15) is 11.6 Å². The largest absolute Gasteiger partial charge is 0.283 e. The van der Waals surface area contributed by atoms with E-state index in [0.717, 1.165) is 6.07 Å². The summed E-state index contributed by atoms with van der Waals surface area (Å²) in [6, 6.07) is 3.57. The van der Waals surface area contributed by atoms with Gasteiger partial charge in [0.25, 0.3) is 0 Å². The number of hydrogen-bond acceptors (Lipinski definition) is 2. The van der Waals surface area contributed by atoms with Crippen molar-refractivity contribution in [2.75, 3.05) is 7.05 Å². The summed E-state index contributed by atoms with van der Waals surface area (Å²) in [4.78, 5) is 1.85. The molecule has 3 nitrogen and oxygen atoms in total. The first kappa shape index (κ1) is 13.0. The molecule has 0 unspecified atom stereocenters. The van der Waals surface area contributed by atoms with Gasteiger partial charge in [0.2, 0.25) is 0 Å². The SMILES string of the molecule is CN(Cc1ccc(F)cc1F)Cn1cc(Cl)cn1. The summed E-state index contributed by atoms with van der Waals surface area (Å²) >= 11 is 5.74. The van der Waals surface area contributed by atoms with Crippen molar-refractivity contribution in [2.45, 2.75) is 13.2 Å². The van der Waals surface area contributed by atoms with Crippen LogP contribution in [0.2, 0.25) is 5.02 Å². The number of hydrogen-bond donors (Lipinski definition) is 0. The van der Waals surface area contributed by atoms with Gasteiger partial charge in [0, 0.05) is 24.4 Å². The second kappa shape index (κ2) is 5.46. The lowest BCUT2D eigenvalue weighted by Gasteiger charge is -2.17. The number of aromatic nitrogens is 2. The molecule has 0 bridgehead atoms. The van der Waals surface area contributed by atoms with Crippen molar-refractivity contribution in [3.8, 4) is 0 Å². The van der Waals surface area contributed by atoms with Crippen molar-refractivity contribution < 1.29 is 8.78 Å². The van der Waals surface area contributed by atoms with Crippen LogP contribution < -0.4 is 0 Å².